The molecule has 0 bridgehead atoms. The lowest BCUT2D eigenvalue weighted by molar-refractivity contribution is 0.646. The minimum Gasteiger partial charge on any atom is -0.381 e. The van der Waals surface area contributed by atoms with E-state index in [9.17, 15) is 0 Å². The molecule has 0 radical (unpaired) electrons. The smallest absolute Gasteiger partial charge is 0.165 e. The Morgan fingerprint density at radius 3 is 2.79 bits per heavy atom. The van der Waals surface area contributed by atoms with Crippen LogP contribution in [0.15, 0.2) is 6.20 Å². The van der Waals surface area contributed by atoms with Gasteiger partial charge in [0.05, 0.1) is 18.4 Å². The maximum Gasteiger partial charge on any atom is 0.165 e. The first kappa shape index (κ1) is 9.14. The van der Waals surface area contributed by atoms with E-state index in [-0.39, 0.29) is 0 Å². The highest BCUT2D eigenvalue weighted by Crippen LogP contribution is 2.17. The zero-order valence-electron chi connectivity index (χ0n) is 8.06. The Kier molecular flexibility index (Phi) is 2.20. The summed E-state index contributed by atoms with van der Waals surface area (Å²) in [6.45, 7) is 4.71. The van der Waals surface area contributed by atoms with Gasteiger partial charge in [-0.15, -0.1) is 16.4 Å². The quantitative estimate of drug-likeness (QED) is 0.800. The molecule has 0 amide bonds. The summed E-state index contributed by atoms with van der Waals surface area (Å²) in [5.41, 5.74) is 6.54. The fourth-order valence-electron chi connectivity index (χ4n) is 1.14. The molecular formula is C8H11N5S. The summed E-state index contributed by atoms with van der Waals surface area (Å²) in [6, 6.07) is 0. The van der Waals surface area contributed by atoms with Gasteiger partial charge in [0.15, 0.2) is 5.82 Å². The van der Waals surface area contributed by atoms with E-state index in [1.165, 1.54) is 4.88 Å². The van der Waals surface area contributed by atoms with E-state index in [4.69, 9.17) is 5.73 Å². The van der Waals surface area contributed by atoms with Crippen LogP contribution in [0.5, 0.6) is 0 Å². The van der Waals surface area contributed by atoms with Gasteiger partial charge in [-0.3, -0.25) is 0 Å². The molecular weight excluding hydrogens is 198 g/mol. The average molecular weight is 209 g/mol. The maximum atomic E-state index is 5.46. The first-order chi connectivity index (χ1) is 6.65. The number of aryl methyl sites for hydroxylation is 2. The predicted molar refractivity (Wildman–Crippen MR) is 55.1 cm³/mol. The number of nitrogens with two attached hydrogens (primary N) is 1. The Hall–Kier alpha value is -1.43. The molecule has 6 heteroatoms. The van der Waals surface area contributed by atoms with Crippen LogP contribution >= 0.6 is 11.3 Å². The summed E-state index contributed by atoms with van der Waals surface area (Å²) >= 11 is 1.68. The van der Waals surface area contributed by atoms with Crippen LogP contribution < -0.4 is 5.73 Å². The lowest BCUT2D eigenvalue weighted by Gasteiger charge is -1.93. The summed E-state index contributed by atoms with van der Waals surface area (Å²) < 4.78 is 1.69. The largest absolute Gasteiger partial charge is 0.381 e. The highest BCUT2D eigenvalue weighted by atomic mass is 32.1. The van der Waals surface area contributed by atoms with Gasteiger partial charge in [0, 0.05) is 4.88 Å². The molecule has 5 nitrogen and oxygen atoms in total. The Morgan fingerprint density at radius 2 is 2.29 bits per heavy atom. The second-order valence-corrected chi connectivity index (χ2v) is 4.38. The van der Waals surface area contributed by atoms with Crippen molar-refractivity contribution in [2.45, 2.75) is 20.4 Å². The Morgan fingerprint density at radius 1 is 1.50 bits per heavy atom. The fraction of sp³-hybridized carbons (Fsp3) is 0.375. The van der Waals surface area contributed by atoms with E-state index in [1.54, 1.807) is 22.2 Å². The van der Waals surface area contributed by atoms with Gasteiger partial charge in [-0.05, 0) is 13.8 Å². The zero-order valence-corrected chi connectivity index (χ0v) is 8.88. The molecule has 14 heavy (non-hydrogen) atoms. The van der Waals surface area contributed by atoms with E-state index in [2.05, 4.69) is 22.2 Å². The van der Waals surface area contributed by atoms with Crippen molar-refractivity contribution in [2.75, 3.05) is 5.73 Å². The number of anilines is 1. The molecule has 0 saturated carbocycles. The van der Waals surface area contributed by atoms with Crippen LogP contribution in [0.2, 0.25) is 0 Å². The third kappa shape index (κ3) is 1.74. The molecule has 0 atom stereocenters. The van der Waals surface area contributed by atoms with Gasteiger partial charge in [-0.25, -0.2) is 9.67 Å². The minimum absolute atomic E-state index is 0.440. The lowest BCUT2D eigenvalue weighted by Crippen LogP contribution is -1.99. The summed E-state index contributed by atoms with van der Waals surface area (Å²) in [7, 11) is 0. The van der Waals surface area contributed by atoms with Gasteiger partial charge in [-0.1, -0.05) is 5.21 Å². The SMILES string of the molecule is Cc1nc(Cn2cc(N)nn2)sc1C. The molecule has 2 heterocycles. The number of thiazole rings is 1. The van der Waals surface area contributed by atoms with E-state index in [0.29, 0.717) is 12.4 Å². The fourth-order valence-corrected chi connectivity index (χ4v) is 2.06. The van der Waals surface area contributed by atoms with E-state index in [1.807, 2.05) is 6.92 Å². The zero-order chi connectivity index (χ0) is 10.1. The molecule has 2 aromatic rings. The lowest BCUT2D eigenvalue weighted by atomic mass is 10.4. The van der Waals surface area contributed by atoms with Crippen molar-refractivity contribution in [3.63, 3.8) is 0 Å². The monoisotopic (exact) mass is 209 g/mol. The highest BCUT2D eigenvalue weighted by molar-refractivity contribution is 7.11. The maximum absolute atomic E-state index is 5.46. The van der Waals surface area contributed by atoms with Crippen molar-refractivity contribution in [3.8, 4) is 0 Å². The van der Waals surface area contributed by atoms with Crippen molar-refractivity contribution in [1.29, 1.82) is 0 Å². The van der Waals surface area contributed by atoms with Gasteiger partial charge < -0.3 is 5.73 Å². The van der Waals surface area contributed by atoms with E-state index < -0.39 is 0 Å². The van der Waals surface area contributed by atoms with Gasteiger partial charge in [-0.2, -0.15) is 0 Å². The van der Waals surface area contributed by atoms with Crippen LogP contribution in [0.25, 0.3) is 0 Å². The minimum atomic E-state index is 0.440. The molecule has 0 saturated heterocycles. The molecule has 0 aliphatic carbocycles. The average Bonchev–Trinajstić information content (AvgIpc) is 2.62. The number of rotatable bonds is 2. The molecule has 0 spiro atoms. The molecule has 2 N–H and O–H groups in total. The van der Waals surface area contributed by atoms with Crippen LogP contribution in [0.1, 0.15) is 15.6 Å². The van der Waals surface area contributed by atoms with Crippen molar-refractivity contribution >= 4 is 17.2 Å². The number of hydrogen-bond donors (Lipinski definition) is 1. The van der Waals surface area contributed by atoms with Gasteiger partial charge in [0.1, 0.15) is 5.01 Å². The number of hydrogen-bond acceptors (Lipinski definition) is 5. The second-order valence-electron chi connectivity index (χ2n) is 3.09. The van der Waals surface area contributed by atoms with Gasteiger partial charge >= 0.3 is 0 Å². The first-order valence-corrected chi connectivity index (χ1v) is 5.05. The molecule has 0 unspecified atom stereocenters. The summed E-state index contributed by atoms with van der Waals surface area (Å²) in [5.74, 6) is 0.440. The van der Waals surface area contributed by atoms with Gasteiger partial charge in [0.2, 0.25) is 0 Å². The van der Waals surface area contributed by atoms with Crippen LogP contribution in [-0.4, -0.2) is 20.0 Å². The molecule has 2 rings (SSSR count). The summed E-state index contributed by atoms with van der Waals surface area (Å²) in [6.07, 6.45) is 1.70. The van der Waals surface area contributed by atoms with Crippen molar-refractivity contribution in [1.82, 2.24) is 20.0 Å². The van der Waals surface area contributed by atoms with Crippen molar-refractivity contribution in [3.05, 3.63) is 21.8 Å². The Labute approximate surface area is 85.6 Å². The molecule has 0 fully saturated rings. The number of nitrogens with zero attached hydrogens (tertiary/aromatic N) is 4. The normalized spacial score (nSPS) is 10.7. The van der Waals surface area contributed by atoms with Crippen molar-refractivity contribution in [2.24, 2.45) is 0 Å². The summed E-state index contributed by atoms with van der Waals surface area (Å²) in [4.78, 5) is 5.65. The van der Waals surface area contributed by atoms with Crippen molar-refractivity contribution < 1.29 is 0 Å². The van der Waals surface area contributed by atoms with Crippen LogP contribution in [0, 0.1) is 13.8 Å². The third-order valence-corrected chi connectivity index (χ3v) is 2.98. The van der Waals surface area contributed by atoms with E-state index >= 15 is 0 Å². The standard InChI is InChI=1S/C8H11N5S/c1-5-6(2)14-8(10-5)4-13-3-7(9)11-12-13/h3H,4,9H2,1-2H3. The Bertz CT molecular complexity index is 425. The number of nitrogen functional groups attached to an aromatic ring is 1. The Balaban J connectivity index is 2.18. The molecule has 0 aromatic carbocycles. The first-order valence-electron chi connectivity index (χ1n) is 4.23. The van der Waals surface area contributed by atoms with Crippen LogP contribution in [0.4, 0.5) is 5.82 Å². The van der Waals surface area contributed by atoms with Crippen LogP contribution in [0.3, 0.4) is 0 Å². The number of aromatic nitrogens is 4. The van der Waals surface area contributed by atoms with Gasteiger partial charge in [0.25, 0.3) is 0 Å². The third-order valence-electron chi connectivity index (χ3n) is 1.93. The predicted octanol–water partition coefficient (Wildman–Crippen LogP) is 0.982. The van der Waals surface area contributed by atoms with Crippen LogP contribution in [-0.2, 0) is 6.54 Å². The summed E-state index contributed by atoms with van der Waals surface area (Å²) in [5, 5.41) is 8.60. The molecule has 0 aliphatic rings. The second kappa shape index (κ2) is 3.38. The molecule has 74 valence electrons. The highest BCUT2D eigenvalue weighted by Gasteiger charge is 2.05. The topological polar surface area (TPSA) is 69.6 Å². The molecule has 0 aliphatic heterocycles. The molecule has 2 aromatic heterocycles. The van der Waals surface area contributed by atoms with E-state index in [0.717, 1.165) is 10.7 Å².